The number of amides is 1. The Labute approximate surface area is 117 Å². The van der Waals surface area contributed by atoms with Crippen LogP contribution in [0.15, 0.2) is 36.4 Å². The van der Waals surface area contributed by atoms with E-state index in [0.717, 1.165) is 11.3 Å². The van der Waals surface area contributed by atoms with E-state index in [1.807, 2.05) is 31.2 Å². The van der Waals surface area contributed by atoms with Gasteiger partial charge in [0.1, 0.15) is 5.82 Å². The Bertz CT molecular complexity index is 582. The van der Waals surface area contributed by atoms with E-state index in [4.69, 9.17) is 5.73 Å². The van der Waals surface area contributed by atoms with Gasteiger partial charge in [0.15, 0.2) is 5.69 Å². The predicted octanol–water partition coefficient (Wildman–Crippen LogP) is 1.42. The maximum atomic E-state index is 11.5. The molecule has 1 heterocycles. The van der Waals surface area contributed by atoms with Crippen LogP contribution in [0.5, 0.6) is 0 Å². The number of rotatable bonds is 5. The van der Waals surface area contributed by atoms with Crippen LogP contribution in [0.4, 0.5) is 11.5 Å². The molecule has 0 aliphatic heterocycles. The van der Waals surface area contributed by atoms with E-state index in [0.29, 0.717) is 24.6 Å². The lowest BCUT2D eigenvalue weighted by molar-refractivity contribution is 0.0950. The van der Waals surface area contributed by atoms with Gasteiger partial charge in [0.2, 0.25) is 0 Å². The highest BCUT2D eigenvalue weighted by atomic mass is 16.1. The van der Waals surface area contributed by atoms with Crippen LogP contribution in [-0.4, -0.2) is 22.6 Å². The number of nitrogens with zero attached hydrogens (tertiary/aromatic N) is 2. The summed E-state index contributed by atoms with van der Waals surface area (Å²) < 4.78 is 0. The summed E-state index contributed by atoms with van der Waals surface area (Å²) in [5.41, 5.74) is 7.87. The molecule has 0 aliphatic rings. The summed E-state index contributed by atoms with van der Waals surface area (Å²) in [6, 6.07) is 11.0. The fourth-order valence-corrected chi connectivity index (χ4v) is 1.68. The molecule has 1 aromatic heterocycles. The molecule has 2 aromatic rings. The van der Waals surface area contributed by atoms with Gasteiger partial charge in [-0.05, 0) is 30.7 Å². The molecule has 0 atom stereocenters. The molecule has 1 amide bonds. The summed E-state index contributed by atoms with van der Waals surface area (Å²) in [6.45, 7) is 2.97. The molecule has 2 rings (SSSR count). The molecule has 4 N–H and O–H groups in total. The number of carbonyl (C=O) groups excluding carboxylic acids is 1. The Kier molecular flexibility index (Phi) is 4.49. The number of hydrogen-bond donors (Lipinski definition) is 3. The van der Waals surface area contributed by atoms with Crippen LogP contribution in [0.3, 0.4) is 0 Å². The molecule has 0 unspecified atom stereocenters. The minimum Gasteiger partial charge on any atom is -0.398 e. The first kappa shape index (κ1) is 13.8. The van der Waals surface area contributed by atoms with E-state index in [2.05, 4.69) is 20.8 Å². The van der Waals surface area contributed by atoms with Crippen molar-refractivity contribution in [3.05, 3.63) is 47.7 Å². The standard InChI is InChI=1S/C14H17N5O/c1-2-16-14(20)12-7-8-13(19-18-12)17-9-10-5-3-4-6-11(10)15/h3-8H,2,9,15H2,1H3,(H,16,20)(H,17,19). The highest BCUT2D eigenvalue weighted by Crippen LogP contribution is 2.12. The Hall–Kier alpha value is -2.63. The van der Waals surface area contributed by atoms with Crippen LogP contribution in [0.25, 0.3) is 0 Å². The van der Waals surface area contributed by atoms with Gasteiger partial charge in [-0.2, -0.15) is 0 Å². The van der Waals surface area contributed by atoms with Crippen molar-refractivity contribution in [3.8, 4) is 0 Å². The minimum atomic E-state index is -0.223. The molecular formula is C14H17N5O. The fourth-order valence-electron chi connectivity index (χ4n) is 1.68. The zero-order valence-corrected chi connectivity index (χ0v) is 11.3. The number of aromatic nitrogens is 2. The van der Waals surface area contributed by atoms with Gasteiger partial charge in [-0.1, -0.05) is 18.2 Å². The molecule has 1 aromatic carbocycles. The summed E-state index contributed by atoms with van der Waals surface area (Å²) in [6.07, 6.45) is 0. The summed E-state index contributed by atoms with van der Waals surface area (Å²) in [4.78, 5) is 11.5. The Morgan fingerprint density at radius 1 is 1.20 bits per heavy atom. The summed E-state index contributed by atoms with van der Waals surface area (Å²) in [5, 5.41) is 13.6. The molecule has 6 nitrogen and oxygen atoms in total. The summed E-state index contributed by atoms with van der Waals surface area (Å²) in [5.74, 6) is 0.375. The van der Waals surface area contributed by atoms with Crippen LogP contribution in [0, 0.1) is 0 Å². The topological polar surface area (TPSA) is 92.9 Å². The maximum absolute atomic E-state index is 11.5. The molecule has 0 saturated carbocycles. The van der Waals surface area contributed by atoms with E-state index >= 15 is 0 Å². The van der Waals surface area contributed by atoms with Crippen molar-refractivity contribution in [1.82, 2.24) is 15.5 Å². The Balaban J connectivity index is 1.98. The predicted molar refractivity (Wildman–Crippen MR) is 78.2 cm³/mol. The van der Waals surface area contributed by atoms with Crippen molar-refractivity contribution in [3.63, 3.8) is 0 Å². The second-order valence-electron chi connectivity index (χ2n) is 4.22. The second-order valence-corrected chi connectivity index (χ2v) is 4.22. The Morgan fingerprint density at radius 3 is 2.65 bits per heavy atom. The molecular weight excluding hydrogens is 254 g/mol. The third-order valence-electron chi connectivity index (χ3n) is 2.75. The quantitative estimate of drug-likeness (QED) is 0.715. The summed E-state index contributed by atoms with van der Waals surface area (Å²) in [7, 11) is 0. The molecule has 104 valence electrons. The first-order valence-corrected chi connectivity index (χ1v) is 6.40. The van der Waals surface area contributed by atoms with Gasteiger partial charge >= 0.3 is 0 Å². The number of nitrogens with one attached hydrogen (secondary N) is 2. The first-order valence-electron chi connectivity index (χ1n) is 6.40. The number of nitrogen functional groups attached to an aromatic ring is 1. The van der Waals surface area contributed by atoms with Gasteiger partial charge in [0.25, 0.3) is 5.91 Å². The SMILES string of the molecule is CCNC(=O)c1ccc(NCc2ccccc2N)nn1. The zero-order valence-electron chi connectivity index (χ0n) is 11.3. The average Bonchev–Trinajstić information content (AvgIpc) is 2.47. The summed E-state index contributed by atoms with van der Waals surface area (Å²) >= 11 is 0. The van der Waals surface area contributed by atoms with Crippen LogP contribution in [0.2, 0.25) is 0 Å². The lowest BCUT2D eigenvalue weighted by atomic mass is 10.2. The molecule has 20 heavy (non-hydrogen) atoms. The molecule has 0 radical (unpaired) electrons. The number of benzene rings is 1. The van der Waals surface area contributed by atoms with E-state index < -0.39 is 0 Å². The monoisotopic (exact) mass is 271 g/mol. The van der Waals surface area contributed by atoms with Crippen LogP contribution >= 0.6 is 0 Å². The van der Waals surface area contributed by atoms with Crippen LogP contribution < -0.4 is 16.4 Å². The Morgan fingerprint density at radius 2 is 2.00 bits per heavy atom. The number of carbonyl (C=O) groups is 1. The van der Waals surface area contributed by atoms with Crippen molar-refractivity contribution in [1.29, 1.82) is 0 Å². The average molecular weight is 271 g/mol. The number of hydrogen-bond acceptors (Lipinski definition) is 5. The van der Waals surface area contributed by atoms with Gasteiger partial charge in [0, 0.05) is 18.8 Å². The van der Waals surface area contributed by atoms with Crippen molar-refractivity contribution >= 4 is 17.4 Å². The molecule has 0 spiro atoms. The second kappa shape index (κ2) is 6.51. The van der Waals surface area contributed by atoms with E-state index in [1.54, 1.807) is 12.1 Å². The van der Waals surface area contributed by atoms with E-state index in [-0.39, 0.29) is 5.91 Å². The molecule has 6 heteroatoms. The lowest BCUT2D eigenvalue weighted by Gasteiger charge is -2.07. The fraction of sp³-hybridized carbons (Fsp3) is 0.214. The number of para-hydroxylation sites is 1. The number of nitrogens with two attached hydrogens (primary N) is 1. The lowest BCUT2D eigenvalue weighted by Crippen LogP contribution is -2.24. The van der Waals surface area contributed by atoms with Crippen molar-refractivity contribution in [2.75, 3.05) is 17.6 Å². The molecule has 0 saturated heterocycles. The normalized spacial score (nSPS) is 10.1. The molecule has 0 aliphatic carbocycles. The smallest absolute Gasteiger partial charge is 0.271 e. The highest BCUT2D eigenvalue weighted by molar-refractivity contribution is 5.92. The number of anilines is 2. The molecule has 0 bridgehead atoms. The third kappa shape index (κ3) is 3.44. The zero-order chi connectivity index (χ0) is 14.4. The first-order chi connectivity index (χ1) is 9.70. The van der Waals surface area contributed by atoms with Gasteiger partial charge in [-0.3, -0.25) is 4.79 Å². The van der Waals surface area contributed by atoms with Crippen LogP contribution in [-0.2, 0) is 6.54 Å². The third-order valence-corrected chi connectivity index (χ3v) is 2.75. The van der Waals surface area contributed by atoms with Gasteiger partial charge < -0.3 is 16.4 Å². The van der Waals surface area contributed by atoms with Crippen molar-refractivity contribution in [2.45, 2.75) is 13.5 Å². The van der Waals surface area contributed by atoms with E-state index in [9.17, 15) is 4.79 Å². The maximum Gasteiger partial charge on any atom is 0.271 e. The largest absolute Gasteiger partial charge is 0.398 e. The van der Waals surface area contributed by atoms with E-state index in [1.165, 1.54) is 0 Å². The van der Waals surface area contributed by atoms with Crippen molar-refractivity contribution < 1.29 is 4.79 Å². The molecule has 0 fully saturated rings. The van der Waals surface area contributed by atoms with Crippen molar-refractivity contribution in [2.24, 2.45) is 0 Å². The van der Waals surface area contributed by atoms with Crippen LogP contribution in [0.1, 0.15) is 23.0 Å². The minimum absolute atomic E-state index is 0.223. The van der Waals surface area contributed by atoms with Gasteiger partial charge in [-0.15, -0.1) is 10.2 Å². The van der Waals surface area contributed by atoms with Gasteiger partial charge in [-0.25, -0.2) is 0 Å². The van der Waals surface area contributed by atoms with Gasteiger partial charge in [0.05, 0.1) is 0 Å². The highest BCUT2D eigenvalue weighted by Gasteiger charge is 2.06.